The molecule has 0 aliphatic heterocycles. The van der Waals surface area contributed by atoms with E-state index in [0.717, 1.165) is 0 Å². The van der Waals surface area contributed by atoms with Gasteiger partial charge in [0.25, 0.3) is 0 Å². The summed E-state index contributed by atoms with van der Waals surface area (Å²) in [4.78, 5) is 0. The van der Waals surface area contributed by atoms with Crippen LogP contribution in [0.3, 0.4) is 0 Å². The number of rotatable bonds is 7. The summed E-state index contributed by atoms with van der Waals surface area (Å²) in [5.41, 5.74) is -1.16. The fourth-order valence-corrected chi connectivity index (χ4v) is 1.03. The zero-order valence-corrected chi connectivity index (χ0v) is 8.93. The first-order chi connectivity index (χ1) is 6.85. The number of hydrogen-bond acceptors (Lipinski definition) is 5. The highest BCUT2D eigenvalue weighted by atomic mass is 16.4. The lowest BCUT2D eigenvalue weighted by Gasteiger charge is -2.27. The van der Waals surface area contributed by atoms with Gasteiger partial charge in [0.1, 0.15) is 5.60 Å². The minimum Gasteiger partial charge on any atom is -0.393 e. The van der Waals surface area contributed by atoms with Crippen molar-refractivity contribution in [1.82, 2.24) is 0 Å². The maximum absolute atomic E-state index is 9.49. The van der Waals surface area contributed by atoms with E-state index in [0.29, 0.717) is 5.57 Å². The van der Waals surface area contributed by atoms with Crippen LogP contribution >= 0.6 is 0 Å². The summed E-state index contributed by atoms with van der Waals surface area (Å²) >= 11 is 0. The molecule has 15 heavy (non-hydrogen) atoms. The van der Waals surface area contributed by atoms with Crippen molar-refractivity contribution in [2.24, 2.45) is 0 Å². The summed E-state index contributed by atoms with van der Waals surface area (Å²) in [6, 6.07) is 0. The first-order valence-electron chi connectivity index (χ1n) is 4.83. The summed E-state index contributed by atoms with van der Waals surface area (Å²) in [6.45, 7) is 3.91. The monoisotopic (exact) mass is 220 g/mol. The van der Waals surface area contributed by atoms with Crippen LogP contribution in [0.15, 0.2) is 12.2 Å². The van der Waals surface area contributed by atoms with E-state index in [-0.39, 0.29) is 12.8 Å². The molecule has 0 rings (SSSR count). The predicted octanol–water partition coefficient (Wildman–Crippen LogP) is -1.22. The van der Waals surface area contributed by atoms with Crippen molar-refractivity contribution in [3.63, 3.8) is 0 Å². The van der Waals surface area contributed by atoms with Crippen LogP contribution in [0.4, 0.5) is 0 Å². The van der Waals surface area contributed by atoms with Gasteiger partial charge in [-0.1, -0.05) is 6.58 Å². The Morgan fingerprint density at radius 3 is 2.27 bits per heavy atom. The minimum absolute atomic E-state index is 0.170. The molecule has 0 aliphatic carbocycles. The molecule has 0 aromatic rings. The lowest BCUT2D eigenvalue weighted by atomic mass is 9.93. The maximum Gasteiger partial charge on any atom is 0.111 e. The summed E-state index contributed by atoms with van der Waals surface area (Å²) in [6.07, 6.45) is -1.65. The van der Waals surface area contributed by atoms with E-state index in [1.165, 1.54) is 6.92 Å². The average molecular weight is 220 g/mol. The van der Waals surface area contributed by atoms with Gasteiger partial charge in [-0.2, -0.15) is 0 Å². The van der Waals surface area contributed by atoms with Crippen molar-refractivity contribution < 1.29 is 25.5 Å². The van der Waals surface area contributed by atoms with Crippen molar-refractivity contribution in [2.45, 2.75) is 37.6 Å². The minimum atomic E-state index is -1.55. The zero-order valence-electron chi connectivity index (χ0n) is 8.93. The second kappa shape index (κ2) is 6.19. The largest absolute Gasteiger partial charge is 0.393 e. The van der Waals surface area contributed by atoms with Crippen LogP contribution in [0, 0.1) is 0 Å². The highest BCUT2D eigenvalue weighted by Gasteiger charge is 2.29. The Morgan fingerprint density at radius 2 is 1.87 bits per heavy atom. The molecular weight excluding hydrogens is 200 g/mol. The molecule has 90 valence electrons. The van der Waals surface area contributed by atoms with E-state index in [9.17, 15) is 10.2 Å². The summed E-state index contributed by atoms with van der Waals surface area (Å²) in [7, 11) is 0. The zero-order chi connectivity index (χ0) is 12.1. The van der Waals surface area contributed by atoms with Crippen molar-refractivity contribution >= 4 is 0 Å². The Labute approximate surface area is 89.3 Å². The van der Waals surface area contributed by atoms with Gasteiger partial charge in [0, 0.05) is 0 Å². The van der Waals surface area contributed by atoms with Crippen LogP contribution in [-0.4, -0.2) is 56.6 Å². The Morgan fingerprint density at radius 1 is 1.33 bits per heavy atom. The van der Waals surface area contributed by atoms with Crippen LogP contribution in [-0.2, 0) is 0 Å². The first-order valence-corrected chi connectivity index (χ1v) is 4.83. The summed E-state index contributed by atoms with van der Waals surface area (Å²) in [5, 5.41) is 45.5. The van der Waals surface area contributed by atoms with Gasteiger partial charge in [-0.25, -0.2) is 0 Å². The molecule has 0 saturated heterocycles. The summed E-state index contributed by atoms with van der Waals surface area (Å²) in [5.74, 6) is 0. The van der Waals surface area contributed by atoms with Crippen LogP contribution in [0.2, 0.25) is 0 Å². The van der Waals surface area contributed by atoms with Gasteiger partial charge in [0.15, 0.2) is 0 Å². The highest BCUT2D eigenvalue weighted by Crippen LogP contribution is 2.17. The molecule has 0 radical (unpaired) electrons. The second-order valence-electron chi connectivity index (χ2n) is 3.93. The molecule has 3 atom stereocenters. The van der Waals surface area contributed by atoms with E-state index in [4.69, 9.17) is 15.3 Å². The maximum atomic E-state index is 9.49. The van der Waals surface area contributed by atoms with Gasteiger partial charge >= 0.3 is 0 Å². The SMILES string of the molecule is C=C(CCC(O)C(C)(O)CO)C(O)CO. The van der Waals surface area contributed by atoms with E-state index in [2.05, 4.69) is 6.58 Å². The standard InChI is InChI=1S/C10H20O5/c1-7(8(13)5-11)3-4-9(14)10(2,15)6-12/h8-9,11-15H,1,3-6H2,2H3. The van der Waals surface area contributed by atoms with Crippen LogP contribution < -0.4 is 0 Å². The molecule has 3 unspecified atom stereocenters. The smallest absolute Gasteiger partial charge is 0.111 e. The quantitative estimate of drug-likeness (QED) is 0.346. The molecule has 5 nitrogen and oxygen atoms in total. The third-order valence-corrected chi connectivity index (χ3v) is 2.42. The van der Waals surface area contributed by atoms with Crippen LogP contribution in [0.5, 0.6) is 0 Å². The van der Waals surface area contributed by atoms with Crippen molar-refractivity contribution in [2.75, 3.05) is 13.2 Å². The predicted molar refractivity (Wildman–Crippen MR) is 55.2 cm³/mol. The molecule has 0 aliphatic rings. The number of hydrogen-bond donors (Lipinski definition) is 5. The lowest BCUT2D eigenvalue weighted by molar-refractivity contribution is -0.0946. The van der Waals surface area contributed by atoms with Crippen molar-refractivity contribution in [3.05, 3.63) is 12.2 Å². The van der Waals surface area contributed by atoms with Crippen molar-refractivity contribution in [1.29, 1.82) is 0 Å². The Kier molecular flexibility index (Phi) is 6.00. The van der Waals surface area contributed by atoms with Crippen LogP contribution in [0.25, 0.3) is 0 Å². The van der Waals surface area contributed by atoms with Crippen LogP contribution in [0.1, 0.15) is 19.8 Å². The van der Waals surface area contributed by atoms with Gasteiger partial charge in [0.05, 0.1) is 25.4 Å². The molecule has 0 heterocycles. The van der Waals surface area contributed by atoms with Gasteiger partial charge in [-0.3, -0.25) is 0 Å². The first kappa shape index (κ1) is 14.5. The molecular formula is C10H20O5. The molecule has 0 spiro atoms. The molecule has 5 N–H and O–H groups in total. The molecule has 0 amide bonds. The molecule has 0 aromatic carbocycles. The normalized spacial score (nSPS) is 19.3. The Hall–Kier alpha value is -0.460. The van der Waals surface area contributed by atoms with E-state index >= 15 is 0 Å². The third-order valence-electron chi connectivity index (χ3n) is 2.42. The molecule has 0 fully saturated rings. The van der Waals surface area contributed by atoms with Gasteiger partial charge in [-0.05, 0) is 25.3 Å². The Bertz CT molecular complexity index is 202. The number of aliphatic hydroxyl groups is 5. The Balaban J connectivity index is 4.01. The molecule has 0 saturated carbocycles. The molecule has 0 bridgehead atoms. The summed E-state index contributed by atoms with van der Waals surface area (Å²) < 4.78 is 0. The fourth-order valence-electron chi connectivity index (χ4n) is 1.03. The number of aliphatic hydroxyl groups excluding tert-OH is 4. The van der Waals surface area contributed by atoms with E-state index in [1.807, 2.05) is 0 Å². The fraction of sp³-hybridized carbons (Fsp3) is 0.800. The average Bonchev–Trinajstić information content (AvgIpc) is 2.23. The lowest BCUT2D eigenvalue weighted by Crippen LogP contribution is -2.42. The topological polar surface area (TPSA) is 101 Å². The van der Waals surface area contributed by atoms with Gasteiger partial charge in [-0.15, -0.1) is 0 Å². The van der Waals surface area contributed by atoms with Gasteiger partial charge < -0.3 is 25.5 Å². The molecule has 5 heteroatoms. The van der Waals surface area contributed by atoms with Crippen molar-refractivity contribution in [3.8, 4) is 0 Å². The van der Waals surface area contributed by atoms with E-state index in [1.54, 1.807) is 0 Å². The highest BCUT2D eigenvalue weighted by molar-refractivity contribution is 5.02. The third kappa shape index (κ3) is 4.72. The van der Waals surface area contributed by atoms with E-state index < -0.39 is 31.0 Å². The molecule has 0 aromatic heterocycles. The second-order valence-corrected chi connectivity index (χ2v) is 3.93. The van der Waals surface area contributed by atoms with Gasteiger partial charge in [0.2, 0.25) is 0 Å².